The van der Waals surface area contributed by atoms with Crippen LogP contribution in [0.4, 0.5) is 0 Å². The molecule has 0 aliphatic heterocycles. The van der Waals surface area contributed by atoms with Crippen LogP contribution in [-0.2, 0) is 0 Å². The van der Waals surface area contributed by atoms with Crippen LogP contribution >= 0.6 is 0 Å². The van der Waals surface area contributed by atoms with Gasteiger partial charge in [0.25, 0.3) is 0 Å². The van der Waals surface area contributed by atoms with Crippen LogP contribution in [0.3, 0.4) is 0 Å². The van der Waals surface area contributed by atoms with Crippen molar-refractivity contribution < 1.29 is 5.11 Å². The van der Waals surface area contributed by atoms with Crippen molar-refractivity contribution in [3.63, 3.8) is 0 Å². The summed E-state index contributed by atoms with van der Waals surface area (Å²) in [6.45, 7) is 5.20. The summed E-state index contributed by atoms with van der Waals surface area (Å²) in [5, 5.41) is 8.71. The standard InChI is InChI=1S/C8H12O/c1-3-4-5-6-7-8(2)9/h3-9H,1H2,2H3/b5-4+,7-6+. The summed E-state index contributed by atoms with van der Waals surface area (Å²) in [5.41, 5.74) is 0. The Morgan fingerprint density at radius 2 is 2.00 bits per heavy atom. The average Bonchev–Trinajstić information content (AvgIpc) is 1.80. The monoisotopic (exact) mass is 124 g/mol. The van der Waals surface area contributed by atoms with Crippen molar-refractivity contribution in [2.24, 2.45) is 0 Å². The van der Waals surface area contributed by atoms with Gasteiger partial charge in [-0.1, -0.05) is 37.0 Å². The second-order valence-corrected chi connectivity index (χ2v) is 1.75. The molecule has 0 heterocycles. The van der Waals surface area contributed by atoms with Crippen LogP contribution < -0.4 is 0 Å². The zero-order chi connectivity index (χ0) is 7.11. The topological polar surface area (TPSA) is 20.2 Å². The SMILES string of the molecule is C=C/C=C/C=C/C(C)O. The van der Waals surface area contributed by atoms with Gasteiger partial charge in [-0.05, 0) is 6.92 Å². The highest BCUT2D eigenvalue weighted by Gasteiger charge is 1.79. The van der Waals surface area contributed by atoms with Gasteiger partial charge in [0.1, 0.15) is 0 Å². The lowest BCUT2D eigenvalue weighted by Gasteiger charge is -1.88. The quantitative estimate of drug-likeness (QED) is 0.567. The molecule has 1 nitrogen and oxygen atoms in total. The summed E-state index contributed by atoms with van der Waals surface area (Å²) < 4.78 is 0. The van der Waals surface area contributed by atoms with Gasteiger partial charge in [-0.3, -0.25) is 0 Å². The van der Waals surface area contributed by atoms with Gasteiger partial charge < -0.3 is 5.11 Å². The molecule has 0 rings (SSSR count). The minimum Gasteiger partial charge on any atom is -0.389 e. The van der Waals surface area contributed by atoms with Crippen molar-refractivity contribution in [1.82, 2.24) is 0 Å². The summed E-state index contributed by atoms with van der Waals surface area (Å²) in [4.78, 5) is 0. The number of aliphatic hydroxyl groups excluding tert-OH is 1. The second kappa shape index (κ2) is 5.32. The molecular weight excluding hydrogens is 112 g/mol. The largest absolute Gasteiger partial charge is 0.389 e. The Labute approximate surface area is 56.0 Å². The van der Waals surface area contributed by atoms with E-state index in [1.54, 1.807) is 31.2 Å². The Morgan fingerprint density at radius 3 is 2.44 bits per heavy atom. The molecule has 0 radical (unpaired) electrons. The van der Waals surface area contributed by atoms with Crippen LogP contribution in [0.2, 0.25) is 0 Å². The molecule has 0 aromatic heterocycles. The zero-order valence-corrected chi connectivity index (χ0v) is 5.62. The maximum Gasteiger partial charge on any atom is 0.0695 e. The van der Waals surface area contributed by atoms with Gasteiger partial charge in [-0.15, -0.1) is 0 Å². The van der Waals surface area contributed by atoms with Gasteiger partial charge in [0.2, 0.25) is 0 Å². The molecular formula is C8H12O. The summed E-state index contributed by atoms with van der Waals surface area (Å²) in [6.07, 6.45) is 8.43. The first-order valence-electron chi connectivity index (χ1n) is 2.91. The van der Waals surface area contributed by atoms with E-state index in [-0.39, 0.29) is 6.10 Å². The average molecular weight is 124 g/mol. The Kier molecular flexibility index (Phi) is 4.83. The van der Waals surface area contributed by atoms with E-state index in [9.17, 15) is 0 Å². The molecule has 1 unspecified atom stereocenters. The maximum absolute atomic E-state index is 8.71. The van der Waals surface area contributed by atoms with Gasteiger partial charge in [0.05, 0.1) is 6.10 Å². The molecule has 0 aromatic carbocycles. The zero-order valence-electron chi connectivity index (χ0n) is 5.62. The minimum absolute atomic E-state index is 0.362. The van der Waals surface area contributed by atoms with Crippen LogP contribution in [0.5, 0.6) is 0 Å². The molecule has 50 valence electrons. The first kappa shape index (κ1) is 8.18. The van der Waals surface area contributed by atoms with Crippen molar-refractivity contribution >= 4 is 0 Å². The lowest BCUT2D eigenvalue weighted by atomic mass is 10.3. The predicted molar refractivity (Wildman–Crippen MR) is 40.2 cm³/mol. The molecule has 1 atom stereocenters. The highest BCUT2D eigenvalue weighted by Crippen LogP contribution is 1.83. The Balaban J connectivity index is 3.46. The molecule has 0 amide bonds. The van der Waals surface area contributed by atoms with Crippen molar-refractivity contribution in [3.8, 4) is 0 Å². The molecule has 0 spiro atoms. The molecule has 0 aliphatic rings. The maximum atomic E-state index is 8.71. The third-order valence-corrected chi connectivity index (χ3v) is 0.748. The molecule has 0 saturated carbocycles. The van der Waals surface area contributed by atoms with Crippen LogP contribution in [0.25, 0.3) is 0 Å². The number of hydrogen-bond donors (Lipinski definition) is 1. The Morgan fingerprint density at radius 1 is 1.33 bits per heavy atom. The van der Waals surface area contributed by atoms with Crippen LogP contribution in [0.15, 0.2) is 37.0 Å². The van der Waals surface area contributed by atoms with Gasteiger partial charge in [-0.2, -0.15) is 0 Å². The van der Waals surface area contributed by atoms with E-state index < -0.39 is 0 Å². The van der Waals surface area contributed by atoms with Crippen LogP contribution in [-0.4, -0.2) is 11.2 Å². The van der Waals surface area contributed by atoms with E-state index in [0.29, 0.717) is 0 Å². The second-order valence-electron chi connectivity index (χ2n) is 1.75. The third-order valence-electron chi connectivity index (χ3n) is 0.748. The minimum atomic E-state index is -0.362. The van der Waals surface area contributed by atoms with E-state index in [0.717, 1.165) is 0 Å². The van der Waals surface area contributed by atoms with E-state index in [4.69, 9.17) is 5.11 Å². The van der Waals surface area contributed by atoms with Crippen molar-refractivity contribution in [2.45, 2.75) is 13.0 Å². The smallest absolute Gasteiger partial charge is 0.0695 e. The van der Waals surface area contributed by atoms with Crippen molar-refractivity contribution in [2.75, 3.05) is 0 Å². The summed E-state index contributed by atoms with van der Waals surface area (Å²) >= 11 is 0. The molecule has 1 heteroatoms. The molecule has 0 aromatic rings. The molecule has 0 saturated heterocycles. The molecule has 0 bridgehead atoms. The molecule has 0 aliphatic carbocycles. The van der Waals surface area contributed by atoms with Gasteiger partial charge in [0.15, 0.2) is 0 Å². The molecule has 1 N–H and O–H groups in total. The fourth-order valence-electron chi connectivity index (χ4n) is 0.368. The number of aliphatic hydroxyl groups is 1. The third kappa shape index (κ3) is 7.18. The van der Waals surface area contributed by atoms with E-state index in [2.05, 4.69) is 6.58 Å². The fourth-order valence-corrected chi connectivity index (χ4v) is 0.368. The Bertz CT molecular complexity index is 121. The van der Waals surface area contributed by atoms with Crippen molar-refractivity contribution in [3.05, 3.63) is 37.0 Å². The lowest BCUT2D eigenvalue weighted by molar-refractivity contribution is 0.244. The first-order chi connectivity index (χ1) is 4.27. The summed E-state index contributed by atoms with van der Waals surface area (Å²) in [6, 6.07) is 0. The van der Waals surface area contributed by atoms with Gasteiger partial charge in [-0.25, -0.2) is 0 Å². The molecule has 0 fully saturated rings. The number of allylic oxidation sites excluding steroid dienone is 4. The highest BCUT2D eigenvalue weighted by molar-refractivity contribution is 5.09. The van der Waals surface area contributed by atoms with E-state index in [1.807, 2.05) is 6.08 Å². The van der Waals surface area contributed by atoms with Crippen LogP contribution in [0.1, 0.15) is 6.92 Å². The predicted octanol–water partition coefficient (Wildman–Crippen LogP) is 1.67. The fraction of sp³-hybridized carbons (Fsp3) is 0.250. The summed E-state index contributed by atoms with van der Waals surface area (Å²) in [7, 11) is 0. The number of hydrogen-bond acceptors (Lipinski definition) is 1. The van der Waals surface area contributed by atoms with Crippen molar-refractivity contribution in [1.29, 1.82) is 0 Å². The lowest BCUT2D eigenvalue weighted by Crippen LogP contribution is -1.90. The molecule has 9 heavy (non-hydrogen) atoms. The number of rotatable bonds is 3. The van der Waals surface area contributed by atoms with Gasteiger partial charge in [0, 0.05) is 0 Å². The van der Waals surface area contributed by atoms with Crippen LogP contribution in [0, 0.1) is 0 Å². The van der Waals surface area contributed by atoms with E-state index >= 15 is 0 Å². The normalized spacial score (nSPS) is 14.9. The highest BCUT2D eigenvalue weighted by atomic mass is 16.3. The van der Waals surface area contributed by atoms with Gasteiger partial charge >= 0.3 is 0 Å². The van der Waals surface area contributed by atoms with E-state index in [1.165, 1.54) is 0 Å². The first-order valence-corrected chi connectivity index (χ1v) is 2.91. The summed E-state index contributed by atoms with van der Waals surface area (Å²) in [5.74, 6) is 0. The Hall–Kier alpha value is -0.820.